The minimum absolute atomic E-state index is 0.0610. The quantitative estimate of drug-likeness (QED) is 0.676. The van der Waals surface area contributed by atoms with Crippen LogP contribution in [0, 0.1) is 10.1 Å². The first-order chi connectivity index (χ1) is 9.00. The molecule has 0 aromatic heterocycles. The summed E-state index contributed by atoms with van der Waals surface area (Å²) in [6.07, 6.45) is 3.37. The van der Waals surface area contributed by atoms with Crippen LogP contribution in [0.25, 0.3) is 0 Å². The zero-order chi connectivity index (χ0) is 14.0. The van der Waals surface area contributed by atoms with Gasteiger partial charge in [-0.3, -0.25) is 10.1 Å². The van der Waals surface area contributed by atoms with Crippen molar-refractivity contribution < 1.29 is 4.92 Å². The number of anilines is 1. The number of benzene rings is 1. The number of halogens is 1. The van der Waals surface area contributed by atoms with Crippen molar-refractivity contribution in [1.82, 2.24) is 5.01 Å². The molecule has 6 heteroatoms. The highest BCUT2D eigenvalue weighted by atomic mass is 35.5. The number of nitro groups is 1. The van der Waals surface area contributed by atoms with E-state index in [9.17, 15) is 10.1 Å². The maximum atomic E-state index is 11.1. The monoisotopic (exact) mass is 283 g/mol. The summed E-state index contributed by atoms with van der Waals surface area (Å²) >= 11 is 5.91. The molecule has 0 spiro atoms. The van der Waals surface area contributed by atoms with Gasteiger partial charge in [0.15, 0.2) is 0 Å². The summed E-state index contributed by atoms with van der Waals surface area (Å²) in [5.74, 6) is 0. The summed E-state index contributed by atoms with van der Waals surface area (Å²) < 4.78 is 0. The number of nitrogens with one attached hydrogen (secondary N) is 1. The van der Waals surface area contributed by atoms with Gasteiger partial charge in [-0.1, -0.05) is 24.1 Å². The molecule has 0 bridgehead atoms. The third-order valence-corrected chi connectivity index (χ3v) is 3.92. The Bertz CT molecular complexity index is 471. The summed E-state index contributed by atoms with van der Waals surface area (Å²) in [4.78, 5) is 10.7. The first-order valence-corrected chi connectivity index (χ1v) is 6.86. The summed E-state index contributed by atoms with van der Waals surface area (Å²) in [5, 5.41) is 13.4. The normalized spacial score (nSPS) is 24.2. The number of piperidine rings is 1. The van der Waals surface area contributed by atoms with Crippen LogP contribution in [0.2, 0.25) is 5.02 Å². The van der Waals surface area contributed by atoms with Crippen molar-refractivity contribution in [3.8, 4) is 0 Å². The van der Waals surface area contributed by atoms with E-state index in [1.54, 1.807) is 12.1 Å². The Kier molecular flexibility index (Phi) is 4.27. The van der Waals surface area contributed by atoms with Gasteiger partial charge in [0, 0.05) is 12.1 Å². The lowest BCUT2D eigenvalue weighted by Crippen LogP contribution is -2.47. The lowest BCUT2D eigenvalue weighted by molar-refractivity contribution is -0.383. The summed E-state index contributed by atoms with van der Waals surface area (Å²) in [7, 11) is 0. The van der Waals surface area contributed by atoms with Crippen LogP contribution in [-0.2, 0) is 0 Å². The standard InChI is InChI=1S/C13H18ClN3O2/c1-9-5-3-6-10(2)16(9)15-12-8-4-7-11(14)13(12)17(18)19/h4,7-10,15H,3,5-6H2,1-2H3. The van der Waals surface area contributed by atoms with Gasteiger partial charge in [0.2, 0.25) is 0 Å². The molecule has 2 rings (SSSR count). The number of hydrogen-bond donors (Lipinski definition) is 1. The molecule has 1 aliphatic rings. The van der Waals surface area contributed by atoms with Crippen molar-refractivity contribution in [3.63, 3.8) is 0 Å². The van der Waals surface area contributed by atoms with E-state index in [-0.39, 0.29) is 10.7 Å². The van der Waals surface area contributed by atoms with Gasteiger partial charge < -0.3 is 5.43 Å². The zero-order valence-corrected chi connectivity index (χ0v) is 11.9. The van der Waals surface area contributed by atoms with Crippen LogP contribution in [-0.4, -0.2) is 22.0 Å². The van der Waals surface area contributed by atoms with Crippen LogP contribution >= 0.6 is 11.6 Å². The molecule has 5 nitrogen and oxygen atoms in total. The van der Waals surface area contributed by atoms with Gasteiger partial charge >= 0.3 is 5.69 Å². The van der Waals surface area contributed by atoms with Crippen molar-refractivity contribution in [2.24, 2.45) is 0 Å². The molecule has 1 saturated heterocycles. The first kappa shape index (κ1) is 14.1. The molecule has 2 unspecified atom stereocenters. The van der Waals surface area contributed by atoms with Gasteiger partial charge in [0.1, 0.15) is 10.7 Å². The molecular weight excluding hydrogens is 266 g/mol. The molecule has 104 valence electrons. The largest absolute Gasteiger partial charge is 0.312 e. The summed E-state index contributed by atoms with van der Waals surface area (Å²) in [6, 6.07) is 5.65. The second-order valence-corrected chi connectivity index (χ2v) is 5.45. The molecule has 1 heterocycles. The topological polar surface area (TPSA) is 58.4 Å². The molecule has 1 aromatic carbocycles. The number of rotatable bonds is 3. The highest BCUT2D eigenvalue weighted by Crippen LogP contribution is 2.34. The number of para-hydroxylation sites is 1. The molecule has 0 radical (unpaired) electrons. The Morgan fingerprint density at radius 1 is 1.37 bits per heavy atom. The van der Waals surface area contributed by atoms with E-state index in [0.717, 1.165) is 12.8 Å². The predicted octanol–water partition coefficient (Wildman–Crippen LogP) is 3.84. The van der Waals surface area contributed by atoms with E-state index in [2.05, 4.69) is 24.3 Å². The highest BCUT2D eigenvalue weighted by molar-refractivity contribution is 6.33. The fourth-order valence-corrected chi connectivity index (χ4v) is 2.82. The second kappa shape index (κ2) is 5.75. The van der Waals surface area contributed by atoms with Crippen LogP contribution in [0.1, 0.15) is 33.1 Å². The van der Waals surface area contributed by atoms with E-state index in [1.807, 2.05) is 0 Å². The molecule has 0 aliphatic carbocycles. The minimum atomic E-state index is -0.441. The van der Waals surface area contributed by atoms with Crippen LogP contribution in [0.15, 0.2) is 18.2 Å². The molecule has 19 heavy (non-hydrogen) atoms. The lowest BCUT2D eigenvalue weighted by atomic mass is 10.00. The predicted molar refractivity (Wildman–Crippen MR) is 76.3 cm³/mol. The third kappa shape index (κ3) is 2.98. The average molecular weight is 284 g/mol. The Morgan fingerprint density at radius 2 is 2.00 bits per heavy atom. The first-order valence-electron chi connectivity index (χ1n) is 6.48. The van der Waals surface area contributed by atoms with Gasteiger partial charge in [-0.2, -0.15) is 0 Å². The summed E-state index contributed by atoms with van der Waals surface area (Å²) in [5.41, 5.74) is 3.57. The molecule has 1 aliphatic heterocycles. The lowest BCUT2D eigenvalue weighted by Gasteiger charge is -2.39. The van der Waals surface area contributed by atoms with E-state index < -0.39 is 4.92 Å². The Balaban J connectivity index is 2.27. The van der Waals surface area contributed by atoms with Crippen molar-refractivity contribution in [1.29, 1.82) is 0 Å². The van der Waals surface area contributed by atoms with Gasteiger partial charge in [-0.15, -0.1) is 0 Å². The van der Waals surface area contributed by atoms with E-state index in [4.69, 9.17) is 11.6 Å². The van der Waals surface area contributed by atoms with Gasteiger partial charge in [0.25, 0.3) is 0 Å². The smallest absolute Gasteiger partial charge is 0.312 e. The number of nitrogens with zero attached hydrogens (tertiary/aromatic N) is 2. The number of nitro benzene ring substituents is 1. The van der Waals surface area contributed by atoms with Crippen LogP contribution < -0.4 is 5.43 Å². The van der Waals surface area contributed by atoms with E-state index >= 15 is 0 Å². The fourth-order valence-electron chi connectivity index (χ4n) is 2.57. The Morgan fingerprint density at radius 3 is 2.58 bits per heavy atom. The molecule has 2 atom stereocenters. The maximum Gasteiger partial charge on any atom is 0.312 e. The molecule has 1 aromatic rings. The minimum Gasteiger partial charge on any atom is -0.312 e. The van der Waals surface area contributed by atoms with Crippen molar-refractivity contribution in [2.45, 2.75) is 45.2 Å². The number of hydrazine groups is 1. The Hall–Kier alpha value is -1.33. The maximum absolute atomic E-state index is 11.1. The highest BCUT2D eigenvalue weighted by Gasteiger charge is 2.27. The van der Waals surface area contributed by atoms with Crippen LogP contribution in [0.3, 0.4) is 0 Å². The molecule has 0 amide bonds. The van der Waals surface area contributed by atoms with Crippen molar-refractivity contribution >= 4 is 23.0 Å². The van der Waals surface area contributed by atoms with E-state index in [1.165, 1.54) is 12.5 Å². The van der Waals surface area contributed by atoms with E-state index in [0.29, 0.717) is 17.8 Å². The SMILES string of the molecule is CC1CCCC(C)N1Nc1cccc(Cl)c1[N+](=O)[O-]. The second-order valence-electron chi connectivity index (χ2n) is 5.04. The Labute approximate surface area is 117 Å². The van der Waals surface area contributed by atoms with Crippen LogP contribution in [0.5, 0.6) is 0 Å². The van der Waals surface area contributed by atoms with Gasteiger partial charge in [-0.25, -0.2) is 5.01 Å². The average Bonchev–Trinajstić information content (AvgIpc) is 2.33. The molecule has 0 saturated carbocycles. The molecule has 1 N–H and O–H groups in total. The van der Waals surface area contributed by atoms with Gasteiger partial charge in [0.05, 0.1) is 4.92 Å². The number of hydrogen-bond acceptors (Lipinski definition) is 4. The van der Waals surface area contributed by atoms with Crippen molar-refractivity contribution in [3.05, 3.63) is 33.3 Å². The molecular formula is C13H18ClN3O2. The van der Waals surface area contributed by atoms with Crippen molar-refractivity contribution in [2.75, 3.05) is 5.43 Å². The summed E-state index contributed by atoms with van der Waals surface area (Å²) in [6.45, 7) is 4.25. The zero-order valence-electron chi connectivity index (χ0n) is 11.1. The fraction of sp³-hybridized carbons (Fsp3) is 0.538. The molecule has 1 fully saturated rings. The van der Waals surface area contributed by atoms with Gasteiger partial charge in [-0.05, 0) is 38.8 Å². The third-order valence-electron chi connectivity index (χ3n) is 3.61. The van der Waals surface area contributed by atoms with Crippen LogP contribution in [0.4, 0.5) is 11.4 Å².